The van der Waals surface area contributed by atoms with Gasteiger partial charge in [-0.25, -0.2) is 0 Å². The van der Waals surface area contributed by atoms with Crippen molar-refractivity contribution in [3.63, 3.8) is 0 Å². The van der Waals surface area contributed by atoms with Crippen LogP contribution < -0.4 is 0 Å². The number of allylic oxidation sites excluding steroid dienone is 1. The largest absolute Gasteiger partial charge is 0.155 e. The highest BCUT2D eigenvalue weighted by molar-refractivity contribution is 5.73. The standard InChI is InChI=1S/C38H52N2/c1-7-11-14-16-22-33-26-31(24-29(5)37(33)23-13-9-3)27-35(10-4)39-40-36-25-30(6)38(32-20-17-15-18-21-32)34(28-36)19-12-8-2/h15,17-18,20-21,24-28H,7-14,16,19,22-23H2,1-6H3. The lowest BCUT2D eigenvalue weighted by molar-refractivity contribution is 0.662. The SMILES string of the molecule is CCCCCCc1cc(C=C(CC)N=Nc2cc(C)c(-c3ccccc3)c(CCCC)c2)cc(C)c1CCCC. The molecular formula is C38H52N2. The minimum atomic E-state index is 0.857. The molecule has 0 heterocycles. The van der Waals surface area contributed by atoms with Crippen molar-refractivity contribution < 1.29 is 0 Å². The van der Waals surface area contributed by atoms with E-state index in [0.717, 1.165) is 24.2 Å². The summed E-state index contributed by atoms with van der Waals surface area (Å²) in [6, 6.07) is 20.0. The van der Waals surface area contributed by atoms with E-state index in [1.54, 1.807) is 5.56 Å². The first-order valence-electron chi connectivity index (χ1n) is 15.9. The molecule has 0 bridgehead atoms. The van der Waals surface area contributed by atoms with Gasteiger partial charge in [-0.05, 0) is 122 Å². The molecule has 0 aliphatic carbocycles. The topological polar surface area (TPSA) is 24.7 Å². The van der Waals surface area contributed by atoms with Gasteiger partial charge in [-0.2, -0.15) is 10.2 Å². The normalized spacial score (nSPS) is 12.0. The predicted molar refractivity (Wildman–Crippen MR) is 176 cm³/mol. The maximum absolute atomic E-state index is 4.78. The number of unbranched alkanes of at least 4 members (excludes halogenated alkanes) is 5. The van der Waals surface area contributed by atoms with E-state index in [9.17, 15) is 0 Å². The highest BCUT2D eigenvalue weighted by Gasteiger charge is 2.11. The number of azo groups is 1. The molecule has 3 rings (SSSR count). The van der Waals surface area contributed by atoms with E-state index in [4.69, 9.17) is 10.2 Å². The molecule has 40 heavy (non-hydrogen) atoms. The Morgan fingerprint density at radius 3 is 2.08 bits per heavy atom. The zero-order chi connectivity index (χ0) is 28.7. The van der Waals surface area contributed by atoms with Crippen molar-refractivity contribution in [2.45, 2.75) is 119 Å². The Labute approximate surface area is 245 Å². The molecule has 0 radical (unpaired) electrons. The summed E-state index contributed by atoms with van der Waals surface area (Å²) in [4.78, 5) is 0. The molecule has 0 aliphatic heterocycles. The van der Waals surface area contributed by atoms with Crippen LogP contribution in [0.3, 0.4) is 0 Å². The second-order valence-corrected chi connectivity index (χ2v) is 11.3. The van der Waals surface area contributed by atoms with Gasteiger partial charge < -0.3 is 0 Å². The smallest absolute Gasteiger partial charge is 0.0862 e. The summed E-state index contributed by atoms with van der Waals surface area (Å²) in [6.07, 6.45) is 16.6. The van der Waals surface area contributed by atoms with E-state index in [2.05, 4.69) is 102 Å². The Bertz CT molecular complexity index is 1250. The fraction of sp³-hybridized carbons (Fsp3) is 0.474. The molecular weight excluding hydrogens is 484 g/mol. The maximum atomic E-state index is 4.78. The molecule has 0 amide bonds. The number of aryl methyl sites for hydroxylation is 4. The van der Waals surface area contributed by atoms with Gasteiger partial charge in [0.25, 0.3) is 0 Å². The second-order valence-electron chi connectivity index (χ2n) is 11.3. The first kappa shape index (κ1) is 31.5. The van der Waals surface area contributed by atoms with Crippen molar-refractivity contribution >= 4 is 11.8 Å². The predicted octanol–water partition coefficient (Wildman–Crippen LogP) is 12.3. The van der Waals surface area contributed by atoms with Crippen molar-refractivity contribution in [3.05, 3.63) is 93.7 Å². The van der Waals surface area contributed by atoms with Crippen LogP contribution in [-0.4, -0.2) is 0 Å². The summed E-state index contributed by atoms with van der Waals surface area (Å²) in [5.74, 6) is 0. The van der Waals surface area contributed by atoms with Gasteiger partial charge in [0.15, 0.2) is 0 Å². The van der Waals surface area contributed by atoms with Gasteiger partial charge in [0.2, 0.25) is 0 Å². The first-order valence-corrected chi connectivity index (χ1v) is 15.9. The fourth-order valence-electron chi connectivity index (χ4n) is 5.68. The average Bonchev–Trinajstić information content (AvgIpc) is 2.96. The third-order valence-corrected chi connectivity index (χ3v) is 7.92. The van der Waals surface area contributed by atoms with Crippen molar-refractivity contribution in [2.24, 2.45) is 10.2 Å². The summed E-state index contributed by atoms with van der Waals surface area (Å²) in [5.41, 5.74) is 13.0. The molecule has 0 saturated heterocycles. The molecule has 3 aromatic carbocycles. The van der Waals surface area contributed by atoms with Crippen molar-refractivity contribution in [2.75, 3.05) is 0 Å². The summed E-state index contributed by atoms with van der Waals surface area (Å²) < 4.78 is 0. The van der Waals surface area contributed by atoms with Gasteiger partial charge in [0.05, 0.1) is 11.4 Å². The maximum Gasteiger partial charge on any atom is 0.0862 e. The molecule has 0 fully saturated rings. The lowest BCUT2D eigenvalue weighted by atomic mass is 9.91. The van der Waals surface area contributed by atoms with Gasteiger partial charge in [-0.15, -0.1) is 0 Å². The van der Waals surface area contributed by atoms with Crippen LogP contribution >= 0.6 is 0 Å². The van der Waals surface area contributed by atoms with Gasteiger partial charge >= 0.3 is 0 Å². The van der Waals surface area contributed by atoms with Gasteiger partial charge in [-0.1, -0.05) is 102 Å². The quantitative estimate of drug-likeness (QED) is 0.128. The molecule has 0 spiro atoms. The highest BCUT2D eigenvalue weighted by Crippen LogP contribution is 2.33. The average molecular weight is 537 g/mol. The lowest BCUT2D eigenvalue weighted by Gasteiger charge is -2.15. The Kier molecular flexibility index (Phi) is 13.4. The lowest BCUT2D eigenvalue weighted by Crippen LogP contribution is -2.00. The van der Waals surface area contributed by atoms with Crippen LogP contribution in [0.2, 0.25) is 0 Å². The second kappa shape index (κ2) is 17.0. The molecule has 0 unspecified atom stereocenters. The number of hydrogen-bond acceptors (Lipinski definition) is 2. The third kappa shape index (κ3) is 9.29. The first-order chi connectivity index (χ1) is 19.5. The van der Waals surface area contributed by atoms with Crippen LogP contribution in [0.25, 0.3) is 17.2 Å². The minimum absolute atomic E-state index is 0.857. The zero-order valence-electron chi connectivity index (χ0n) is 26.2. The summed E-state index contributed by atoms with van der Waals surface area (Å²) in [6.45, 7) is 13.5. The minimum Gasteiger partial charge on any atom is -0.155 e. The van der Waals surface area contributed by atoms with E-state index >= 15 is 0 Å². The monoisotopic (exact) mass is 536 g/mol. The van der Waals surface area contributed by atoms with E-state index < -0.39 is 0 Å². The van der Waals surface area contributed by atoms with E-state index in [1.807, 2.05) is 0 Å². The van der Waals surface area contributed by atoms with Crippen LogP contribution in [0, 0.1) is 13.8 Å². The Balaban J connectivity index is 1.91. The van der Waals surface area contributed by atoms with Crippen LogP contribution in [0.4, 0.5) is 5.69 Å². The van der Waals surface area contributed by atoms with E-state index in [-0.39, 0.29) is 0 Å². The number of rotatable bonds is 16. The van der Waals surface area contributed by atoms with Gasteiger partial charge in [0.1, 0.15) is 0 Å². The number of hydrogen-bond donors (Lipinski definition) is 0. The highest BCUT2D eigenvalue weighted by atomic mass is 15.1. The van der Waals surface area contributed by atoms with Crippen molar-refractivity contribution in [3.8, 4) is 11.1 Å². The summed E-state index contributed by atoms with van der Waals surface area (Å²) in [7, 11) is 0. The van der Waals surface area contributed by atoms with Crippen LogP contribution in [0.15, 0.2) is 70.5 Å². The Morgan fingerprint density at radius 2 is 1.38 bits per heavy atom. The van der Waals surface area contributed by atoms with Crippen molar-refractivity contribution in [1.82, 2.24) is 0 Å². The fourth-order valence-corrected chi connectivity index (χ4v) is 5.68. The third-order valence-electron chi connectivity index (χ3n) is 7.92. The Hall–Kier alpha value is -3.00. The van der Waals surface area contributed by atoms with Gasteiger partial charge in [-0.3, -0.25) is 0 Å². The molecule has 0 N–H and O–H groups in total. The van der Waals surface area contributed by atoms with Gasteiger partial charge in [0, 0.05) is 0 Å². The van der Waals surface area contributed by atoms with Crippen LogP contribution in [0.5, 0.6) is 0 Å². The molecule has 2 nitrogen and oxygen atoms in total. The summed E-state index contributed by atoms with van der Waals surface area (Å²) in [5, 5.41) is 9.54. The zero-order valence-corrected chi connectivity index (χ0v) is 26.2. The molecule has 3 aromatic rings. The Morgan fingerprint density at radius 1 is 0.675 bits per heavy atom. The van der Waals surface area contributed by atoms with E-state index in [1.165, 1.54) is 103 Å². The molecule has 0 saturated carbocycles. The molecule has 0 atom stereocenters. The molecule has 2 heteroatoms. The number of nitrogens with zero attached hydrogens (tertiary/aromatic N) is 2. The van der Waals surface area contributed by atoms with Crippen LogP contribution in [-0.2, 0) is 19.3 Å². The molecule has 0 aliphatic rings. The van der Waals surface area contributed by atoms with Crippen LogP contribution in [0.1, 0.15) is 119 Å². The number of benzene rings is 3. The van der Waals surface area contributed by atoms with Crippen molar-refractivity contribution in [1.29, 1.82) is 0 Å². The molecule has 0 aromatic heterocycles. The summed E-state index contributed by atoms with van der Waals surface area (Å²) >= 11 is 0. The molecule has 214 valence electrons. The van der Waals surface area contributed by atoms with E-state index in [0.29, 0.717) is 0 Å².